The largest absolute Gasteiger partial charge is 0.298 e. The molecule has 5 aromatic rings. The Kier molecular flexibility index (Phi) is 4.37. The van der Waals surface area contributed by atoms with Crippen LogP contribution in [-0.2, 0) is 0 Å². The van der Waals surface area contributed by atoms with E-state index in [4.69, 9.17) is 0 Å². The maximum atomic E-state index is 12.9. The summed E-state index contributed by atoms with van der Waals surface area (Å²) in [4.78, 5) is 34.5. The summed E-state index contributed by atoms with van der Waals surface area (Å²) in [5.41, 5.74) is 2.53. The van der Waals surface area contributed by atoms with Gasteiger partial charge in [0.15, 0.2) is 5.13 Å². The number of para-hydroxylation sites is 2. The molecule has 30 heavy (non-hydrogen) atoms. The number of nitrogens with zero attached hydrogens (tertiary/aromatic N) is 3. The van der Waals surface area contributed by atoms with E-state index in [1.165, 1.54) is 11.3 Å². The highest BCUT2D eigenvalue weighted by atomic mass is 32.1. The predicted octanol–water partition coefficient (Wildman–Crippen LogP) is 4.56. The fourth-order valence-corrected chi connectivity index (χ4v) is 4.27. The minimum atomic E-state index is -0.249. The van der Waals surface area contributed by atoms with Gasteiger partial charge in [-0.25, -0.2) is 9.97 Å². The summed E-state index contributed by atoms with van der Waals surface area (Å²) in [6.07, 6.45) is 0. The third-order valence-corrected chi connectivity index (χ3v) is 5.80. The molecule has 1 N–H and O–H groups in total. The quantitative estimate of drug-likeness (QED) is 0.471. The molecule has 2 aromatic heterocycles. The number of benzene rings is 3. The molecule has 0 fully saturated rings. The van der Waals surface area contributed by atoms with Gasteiger partial charge in [0.1, 0.15) is 5.82 Å². The summed E-state index contributed by atoms with van der Waals surface area (Å²) in [5.74, 6) is 0.340. The van der Waals surface area contributed by atoms with E-state index >= 15 is 0 Å². The van der Waals surface area contributed by atoms with E-state index in [2.05, 4.69) is 15.3 Å². The number of hydrogen-bond acceptors (Lipinski definition) is 5. The van der Waals surface area contributed by atoms with Gasteiger partial charge in [0.05, 0.1) is 26.8 Å². The lowest BCUT2D eigenvalue weighted by molar-refractivity contribution is 0.102. The highest BCUT2D eigenvalue weighted by Gasteiger charge is 2.12. The Labute approximate surface area is 175 Å². The Balaban J connectivity index is 1.45. The van der Waals surface area contributed by atoms with Crippen LogP contribution in [0.1, 0.15) is 16.2 Å². The van der Waals surface area contributed by atoms with Crippen LogP contribution in [-0.4, -0.2) is 20.4 Å². The molecule has 0 radical (unpaired) electrons. The molecule has 0 saturated carbocycles. The average Bonchev–Trinajstić information content (AvgIpc) is 3.16. The van der Waals surface area contributed by atoms with Gasteiger partial charge < -0.3 is 0 Å². The first-order valence-corrected chi connectivity index (χ1v) is 10.2. The number of thiazole rings is 1. The number of aromatic nitrogens is 3. The number of aryl methyl sites for hydroxylation is 1. The van der Waals surface area contributed by atoms with Gasteiger partial charge in [0, 0.05) is 5.56 Å². The van der Waals surface area contributed by atoms with Crippen molar-refractivity contribution in [3.05, 3.63) is 94.5 Å². The minimum absolute atomic E-state index is 0.134. The van der Waals surface area contributed by atoms with Crippen LogP contribution in [0.3, 0.4) is 0 Å². The fraction of sp³-hybridized carbons (Fsp3) is 0.0435. The molecule has 0 spiro atoms. The van der Waals surface area contributed by atoms with E-state index in [1.807, 2.05) is 42.5 Å². The van der Waals surface area contributed by atoms with Gasteiger partial charge in [-0.15, -0.1) is 0 Å². The lowest BCUT2D eigenvalue weighted by Gasteiger charge is -2.11. The van der Waals surface area contributed by atoms with Crippen LogP contribution in [0.15, 0.2) is 77.6 Å². The third-order valence-electron chi connectivity index (χ3n) is 4.85. The monoisotopic (exact) mass is 412 g/mol. The minimum Gasteiger partial charge on any atom is -0.298 e. The maximum absolute atomic E-state index is 12.9. The van der Waals surface area contributed by atoms with Crippen LogP contribution < -0.4 is 10.9 Å². The number of rotatable bonds is 3. The number of fused-ring (bicyclic) bond motifs is 2. The molecule has 3 aromatic carbocycles. The van der Waals surface area contributed by atoms with Crippen molar-refractivity contribution < 1.29 is 4.79 Å². The average molecular weight is 412 g/mol. The van der Waals surface area contributed by atoms with E-state index in [1.54, 1.807) is 41.8 Å². The van der Waals surface area contributed by atoms with Crippen molar-refractivity contribution >= 4 is 43.5 Å². The third kappa shape index (κ3) is 3.15. The summed E-state index contributed by atoms with van der Waals surface area (Å²) < 4.78 is 2.57. The molecule has 1 amide bonds. The number of anilines is 1. The topological polar surface area (TPSA) is 76.9 Å². The molecule has 0 aliphatic carbocycles. The van der Waals surface area contributed by atoms with E-state index < -0.39 is 0 Å². The van der Waals surface area contributed by atoms with Gasteiger partial charge in [-0.05, 0) is 55.5 Å². The summed E-state index contributed by atoms with van der Waals surface area (Å²) in [7, 11) is 0. The molecule has 5 rings (SSSR count). The molecular weight excluding hydrogens is 396 g/mol. The van der Waals surface area contributed by atoms with Gasteiger partial charge >= 0.3 is 0 Å². The summed E-state index contributed by atoms with van der Waals surface area (Å²) in [6.45, 7) is 1.79. The molecule has 2 heterocycles. The molecule has 0 unspecified atom stereocenters. The Morgan fingerprint density at radius 2 is 1.60 bits per heavy atom. The first kappa shape index (κ1) is 18.2. The molecular formula is C23H16N4O2S. The lowest BCUT2D eigenvalue weighted by Crippen LogP contribution is -2.22. The highest BCUT2D eigenvalue weighted by molar-refractivity contribution is 7.22. The van der Waals surface area contributed by atoms with Crippen LogP contribution in [0, 0.1) is 6.92 Å². The van der Waals surface area contributed by atoms with Crippen molar-refractivity contribution in [3.63, 3.8) is 0 Å². The second kappa shape index (κ2) is 7.20. The van der Waals surface area contributed by atoms with Gasteiger partial charge in [-0.1, -0.05) is 35.6 Å². The van der Waals surface area contributed by atoms with Gasteiger partial charge in [0.2, 0.25) is 0 Å². The second-order valence-corrected chi connectivity index (χ2v) is 7.84. The standard InChI is InChI=1S/C23H16N4O2S/c1-14-24-18-7-3-2-6-17(18)22(29)27(14)16-12-10-15(11-13-16)21(28)26-23-25-19-8-4-5-9-20(19)30-23/h2-13H,1H3,(H,25,26,28). The zero-order chi connectivity index (χ0) is 20.7. The van der Waals surface area contributed by atoms with Crippen LogP contribution >= 0.6 is 11.3 Å². The highest BCUT2D eigenvalue weighted by Crippen LogP contribution is 2.25. The lowest BCUT2D eigenvalue weighted by atomic mass is 10.2. The predicted molar refractivity (Wildman–Crippen MR) is 120 cm³/mol. The van der Waals surface area contributed by atoms with Crippen LogP contribution in [0.4, 0.5) is 5.13 Å². The first-order chi connectivity index (χ1) is 14.6. The van der Waals surface area contributed by atoms with Crippen molar-refractivity contribution in [1.82, 2.24) is 14.5 Å². The second-order valence-electron chi connectivity index (χ2n) is 6.80. The van der Waals surface area contributed by atoms with Crippen LogP contribution in [0.5, 0.6) is 0 Å². The van der Waals surface area contributed by atoms with Crippen molar-refractivity contribution in [2.24, 2.45) is 0 Å². The normalized spacial score (nSPS) is 11.1. The molecule has 0 aliphatic rings. The number of carbonyl (C=O) groups is 1. The molecule has 0 atom stereocenters. The summed E-state index contributed by atoms with van der Waals surface area (Å²) in [5, 5.41) is 3.95. The molecule has 7 heteroatoms. The van der Waals surface area contributed by atoms with Crippen LogP contribution in [0.25, 0.3) is 26.8 Å². The van der Waals surface area contributed by atoms with Gasteiger partial charge in [-0.2, -0.15) is 0 Å². The van der Waals surface area contributed by atoms with Gasteiger partial charge in [-0.3, -0.25) is 19.5 Å². The number of amides is 1. The van der Waals surface area contributed by atoms with E-state index in [-0.39, 0.29) is 11.5 Å². The molecule has 0 aliphatic heterocycles. The molecule has 6 nitrogen and oxygen atoms in total. The SMILES string of the molecule is Cc1nc2ccccc2c(=O)n1-c1ccc(C(=O)Nc2nc3ccccc3s2)cc1. The van der Waals surface area contributed by atoms with Crippen molar-refractivity contribution in [3.8, 4) is 5.69 Å². The maximum Gasteiger partial charge on any atom is 0.265 e. The summed E-state index contributed by atoms with van der Waals surface area (Å²) >= 11 is 1.43. The number of carbonyl (C=O) groups excluding carboxylic acids is 1. The van der Waals surface area contributed by atoms with Crippen molar-refractivity contribution in [2.45, 2.75) is 6.92 Å². The first-order valence-electron chi connectivity index (χ1n) is 9.36. The Hall–Kier alpha value is -3.84. The zero-order valence-electron chi connectivity index (χ0n) is 16.0. The van der Waals surface area contributed by atoms with Crippen molar-refractivity contribution in [1.29, 1.82) is 0 Å². The number of hydrogen-bond donors (Lipinski definition) is 1. The smallest absolute Gasteiger partial charge is 0.265 e. The van der Waals surface area contributed by atoms with E-state index in [9.17, 15) is 9.59 Å². The van der Waals surface area contributed by atoms with Crippen LogP contribution in [0.2, 0.25) is 0 Å². The Bertz CT molecular complexity index is 1440. The van der Waals surface area contributed by atoms with Gasteiger partial charge in [0.25, 0.3) is 11.5 Å². The van der Waals surface area contributed by atoms with E-state index in [0.29, 0.717) is 33.1 Å². The Morgan fingerprint density at radius 3 is 2.37 bits per heavy atom. The molecule has 146 valence electrons. The molecule has 0 saturated heterocycles. The van der Waals surface area contributed by atoms with Crippen molar-refractivity contribution in [2.75, 3.05) is 5.32 Å². The summed E-state index contributed by atoms with van der Waals surface area (Å²) in [6, 6.07) is 21.9. The molecule has 0 bridgehead atoms. The fourth-order valence-electron chi connectivity index (χ4n) is 3.40. The Morgan fingerprint density at radius 1 is 0.900 bits per heavy atom. The zero-order valence-corrected chi connectivity index (χ0v) is 16.8. The number of nitrogens with one attached hydrogen (secondary N) is 1. The van der Waals surface area contributed by atoms with E-state index in [0.717, 1.165) is 10.2 Å².